The number of benzene rings is 1. The van der Waals surface area contributed by atoms with Crippen molar-refractivity contribution in [3.8, 4) is 11.3 Å². The van der Waals surface area contributed by atoms with Crippen LogP contribution in [0.5, 0.6) is 0 Å². The van der Waals surface area contributed by atoms with E-state index >= 15 is 0 Å². The van der Waals surface area contributed by atoms with Crippen LogP contribution in [0.4, 0.5) is 4.39 Å². The minimum absolute atomic E-state index is 0. The monoisotopic (exact) mass is 369 g/mol. The van der Waals surface area contributed by atoms with E-state index in [2.05, 4.69) is 19.9 Å². The first-order chi connectivity index (χ1) is 11.2. The molecule has 0 radical (unpaired) electrons. The van der Waals surface area contributed by atoms with E-state index in [9.17, 15) is 4.39 Å². The van der Waals surface area contributed by atoms with Gasteiger partial charge in [0.2, 0.25) is 0 Å². The summed E-state index contributed by atoms with van der Waals surface area (Å²) in [6.45, 7) is 0. The van der Waals surface area contributed by atoms with E-state index in [1.54, 1.807) is 29.2 Å². The van der Waals surface area contributed by atoms with Crippen molar-refractivity contribution >= 4 is 11.0 Å². The predicted octanol–water partition coefficient (Wildman–Crippen LogP) is 3.04. The van der Waals surface area contributed by atoms with Crippen LogP contribution in [0.25, 0.3) is 22.3 Å². The minimum Gasteiger partial charge on any atom is -0.443 e. The predicted molar refractivity (Wildman–Crippen MR) is 84.5 cm³/mol. The molecule has 1 aromatic carbocycles. The zero-order chi connectivity index (χ0) is 15.8. The maximum Gasteiger partial charge on any atom is 1.00 e. The summed E-state index contributed by atoms with van der Waals surface area (Å²) in [6, 6.07) is 11.0. The Bertz CT molecular complexity index is 978. The molecule has 4 aromatic rings. The van der Waals surface area contributed by atoms with Crippen LogP contribution >= 0.6 is 0 Å². The molecule has 0 N–H and O–H groups in total. The molecular formula is C17H13CuFN5. The number of imidazole rings is 2. The maximum atomic E-state index is 14.7. The van der Waals surface area contributed by atoms with Crippen molar-refractivity contribution < 1.29 is 21.5 Å². The quantitative estimate of drug-likeness (QED) is 0.521. The number of pyridine rings is 1. The van der Waals surface area contributed by atoms with Gasteiger partial charge in [-0.1, -0.05) is 30.6 Å². The average molecular weight is 370 g/mol. The number of nitrogens with zero attached hydrogens (tertiary/aromatic N) is 5. The zero-order valence-electron chi connectivity index (χ0n) is 12.7. The van der Waals surface area contributed by atoms with Gasteiger partial charge in [-0.15, -0.1) is 0 Å². The summed E-state index contributed by atoms with van der Waals surface area (Å²) < 4.78 is 16.4. The molecule has 0 aliphatic carbocycles. The third-order valence-electron chi connectivity index (χ3n) is 3.69. The van der Waals surface area contributed by atoms with Gasteiger partial charge in [-0.2, -0.15) is 0 Å². The van der Waals surface area contributed by atoms with Crippen molar-refractivity contribution in [3.05, 3.63) is 66.6 Å². The van der Waals surface area contributed by atoms with Crippen LogP contribution in [0.15, 0.2) is 55.2 Å². The van der Waals surface area contributed by atoms with Crippen LogP contribution in [-0.2, 0) is 24.1 Å². The van der Waals surface area contributed by atoms with E-state index in [1.165, 1.54) is 6.33 Å². The molecule has 0 bridgehead atoms. The van der Waals surface area contributed by atoms with Crippen LogP contribution in [-0.4, -0.2) is 19.5 Å². The number of halogens is 1. The number of aromatic nitrogens is 5. The summed E-state index contributed by atoms with van der Waals surface area (Å²) in [5, 5.41) is 0. The fourth-order valence-electron chi connectivity index (χ4n) is 2.58. The van der Waals surface area contributed by atoms with Crippen molar-refractivity contribution in [2.75, 3.05) is 0 Å². The molecule has 0 fully saturated rings. The molecule has 0 amide bonds. The number of hydrogen-bond acceptors (Lipinski definition) is 3. The Hall–Kier alpha value is -2.50. The van der Waals surface area contributed by atoms with E-state index in [1.807, 2.05) is 31.3 Å². The third kappa shape index (κ3) is 2.84. The van der Waals surface area contributed by atoms with Crippen LogP contribution < -0.4 is 4.98 Å². The van der Waals surface area contributed by atoms with Crippen LogP contribution in [0.1, 0.15) is 17.6 Å². The first kappa shape index (κ1) is 16.4. The molecule has 1 atom stereocenters. The molecule has 0 aliphatic rings. The molecule has 0 saturated carbocycles. The smallest absolute Gasteiger partial charge is 0.443 e. The second-order valence-corrected chi connectivity index (χ2v) is 5.32. The second kappa shape index (κ2) is 6.55. The number of fused-ring (bicyclic) bond motifs is 1. The van der Waals surface area contributed by atoms with Crippen molar-refractivity contribution in [3.63, 3.8) is 0 Å². The number of rotatable bonds is 3. The molecule has 4 rings (SSSR count). The van der Waals surface area contributed by atoms with Gasteiger partial charge in [-0.25, -0.2) is 14.4 Å². The van der Waals surface area contributed by atoms with Gasteiger partial charge in [0.15, 0.2) is 6.17 Å². The van der Waals surface area contributed by atoms with E-state index in [4.69, 9.17) is 0 Å². The topological polar surface area (TPSA) is 57.7 Å². The zero-order valence-corrected chi connectivity index (χ0v) is 13.6. The summed E-state index contributed by atoms with van der Waals surface area (Å²) in [5.74, 6) is 0. The van der Waals surface area contributed by atoms with E-state index in [-0.39, 0.29) is 17.1 Å². The normalized spacial score (nSPS) is 12.1. The number of alkyl halides is 1. The summed E-state index contributed by atoms with van der Waals surface area (Å²) >= 11 is 0. The van der Waals surface area contributed by atoms with Crippen LogP contribution in [0.3, 0.4) is 0 Å². The minimum atomic E-state index is -1.36. The Morgan fingerprint density at radius 3 is 2.71 bits per heavy atom. The Kier molecular flexibility index (Phi) is 4.46. The van der Waals surface area contributed by atoms with Crippen molar-refractivity contribution in [2.45, 2.75) is 6.17 Å². The van der Waals surface area contributed by atoms with Crippen molar-refractivity contribution in [2.24, 2.45) is 7.05 Å². The fourth-order valence-corrected chi connectivity index (χ4v) is 2.58. The Labute approximate surface area is 148 Å². The molecule has 3 heterocycles. The Balaban J connectivity index is 0.00000169. The Morgan fingerprint density at radius 1 is 1.08 bits per heavy atom. The van der Waals surface area contributed by atoms with Gasteiger partial charge in [0.25, 0.3) is 0 Å². The molecule has 7 heteroatoms. The van der Waals surface area contributed by atoms with Crippen LogP contribution in [0, 0.1) is 0 Å². The molecule has 1 unspecified atom stereocenters. The van der Waals surface area contributed by atoms with E-state index < -0.39 is 6.17 Å². The summed E-state index contributed by atoms with van der Waals surface area (Å²) in [5.41, 5.74) is 3.77. The van der Waals surface area contributed by atoms with Gasteiger partial charge in [0.1, 0.15) is 0 Å². The molecule has 124 valence electrons. The van der Waals surface area contributed by atoms with Crippen molar-refractivity contribution in [1.82, 2.24) is 24.5 Å². The maximum absolute atomic E-state index is 14.7. The van der Waals surface area contributed by atoms with Gasteiger partial charge in [-0.05, 0) is 23.2 Å². The third-order valence-corrected chi connectivity index (χ3v) is 3.69. The van der Waals surface area contributed by atoms with Gasteiger partial charge in [0.05, 0.1) is 23.4 Å². The standard InChI is InChI=1S/C17H13FN5.Cu/c1-23-8-15(21-10-23)16(18)13-6-3-5-12(22-13)11-4-2-7-14-17(11)20-9-19-14;/h2-10,16H,1H3;/q-1;+1. The van der Waals surface area contributed by atoms with Crippen molar-refractivity contribution in [1.29, 1.82) is 0 Å². The largest absolute Gasteiger partial charge is 1.00 e. The van der Waals surface area contributed by atoms with Gasteiger partial charge >= 0.3 is 17.1 Å². The molecular weight excluding hydrogens is 357 g/mol. The van der Waals surface area contributed by atoms with Gasteiger partial charge in [-0.3, -0.25) is 0 Å². The van der Waals surface area contributed by atoms with Crippen LogP contribution in [0.2, 0.25) is 0 Å². The number of para-hydroxylation sites is 1. The van der Waals surface area contributed by atoms with E-state index in [0.717, 1.165) is 16.6 Å². The molecule has 3 aromatic heterocycles. The molecule has 0 spiro atoms. The molecule has 5 nitrogen and oxygen atoms in total. The average Bonchev–Trinajstić information content (AvgIpc) is 3.22. The second-order valence-electron chi connectivity index (χ2n) is 5.32. The molecule has 24 heavy (non-hydrogen) atoms. The number of aryl methyl sites for hydroxylation is 1. The summed E-state index contributed by atoms with van der Waals surface area (Å²) in [4.78, 5) is 17.0. The molecule has 0 aliphatic heterocycles. The number of hydrogen-bond donors (Lipinski definition) is 0. The first-order valence-corrected chi connectivity index (χ1v) is 7.18. The summed E-state index contributed by atoms with van der Waals surface area (Å²) in [6.07, 6.45) is 3.39. The Morgan fingerprint density at radius 2 is 1.92 bits per heavy atom. The first-order valence-electron chi connectivity index (χ1n) is 7.18. The van der Waals surface area contributed by atoms with Gasteiger partial charge in [0, 0.05) is 18.8 Å². The molecule has 0 saturated heterocycles. The summed E-state index contributed by atoms with van der Waals surface area (Å²) in [7, 11) is 1.81. The SMILES string of the molecule is Cn1cnc(C(F)c2cccc(-c3cccc4nc[n-]c34)n2)c1.[Cu+]. The van der Waals surface area contributed by atoms with Gasteiger partial charge < -0.3 is 14.5 Å². The fraction of sp³-hybridized carbons (Fsp3) is 0.118. The van der Waals surface area contributed by atoms with E-state index in [0.29, 0.717) is 17.1 Å².